The van der Waals surface area contributed by atoms with Gasteiger partial charge in [0.25, 0.3) is 0 Å². The van der Waals surface area contributed by atoms with Gasteiger partial charge in [-0.2, -0.15) is 0 Å². The topological polar surface area (TPSA) is 140 Å². The minimum Gasteiger partial charge on any atom is -0.456 e. The van der Waals surface area contributed by atoms with Crippen LogP contribution in [0.2, 0.25) is 0 Å². The number of hydrogen-bond donors (Lipinski definition) is 0. The molecule has 114 heavy (non-hydrogen) atoms. The Morgan fingerprint density at radius 2 is 0.570 bits per heavy atom. The minimum atomic E-state index is 0.480. The van der Waals surface area contributed by atoms with Crippen LogP contribution in [-0.4, -0.2) is 39.0 Å². The average molecular weight is 1460 g/mol. The van der Waals surface area contributed by atoms with Crippen molar-refractivity contribution in [1.29, 1.82) is 0 Å². The lowest BCUT2D eigenvalue weighted by Gasteiger charge is -2.13. The van der Waals surface area contributed by atoms with E-state index in [4.69, 9.17) is 47.6 Å². The first-order valence-electron chi connectivity index (χ1n) is 38.1. The van der Waals surface area contributed by atoms with Gasteiger partial charge in [0.1, 0.15) is 44.7 Å². The van der Waals surface area contributed by atoms with Crippen molar-refractivity contribution < 1.29 is 17.7 Å². The van der Waals surface area contributed by atoms with Crippen LogP contribution in [0, 0.1) is 0 Å². The van der Waals surface area contributed by atoms with Gasteiger partial charge in [0.2, 0.25) is 0 Å². The number of para-hydroxylation sites is 8. The lowest BCUT2D eigenvalue weighted by atomic mass is 9.93. The van der Waals surface area contributed by atoms with Gasteiger partial charge in [-0.05, 0) is 155 Å². The maximum absolute atomic E-state index is 6.93. The number of aromatic nitrogens is 8. The second-order valence-electron chi connectivity index (χ2n) is 29.1. The molecule has 0 N–H and O–H groups in total. The van der Waals surface area contributed by atoms with Gasteiger partial charge < -0.3 is 26.8 Å². The highest BCUT2D eigenvalue weighted by atomic mass is 16.3. The fourth-order valence-electron chi connectivity index (χ4n) is 17.5. The second kappa shape index (κ2) is 24.9. The summed E-state index contributed by atoms with van der Waals surface area (Å²) >= 11 is 0. The predicted molar refractivity (Wildman–Crippen MR) is 460 cm³/mol. The van der Waals surface area contributed by atoms with Crippen molar-refractivity contribution in [2.24, 2.45) is 0 Å². The number of fused-ring (bicyclic) bond motifs is 18. The molecule has 12 heteroatoms. The van der Waals surface area contributed by atoms with Gasteiger partial charge >= 0.3 is 0 Å². The fraction of sp³-hybridized carbons (Fsp3) is 0. The SMILES string of the molecule is c1ccc(-c2nc(-c3ccc4c(c3)oc3ccc(-c5cc(-c6ccc(-c7nc(-c8ccc9c(c8)oc8cccc(-c%10cccc%11c%10c%10ccccc%10n%11-c%10ccccc%10)c89)nc(-c8cccc9c8oc8ccccc89)n7)cc6)cc6c5c5ccccc5n6-c5ccccc5)cc34)nc(-c3cccc4c3oc3ccccc34)n2)cc1. The smallest absolute Gasteiger partial charge is 0.167 e. The molecule has 0 bridgehead atoms. The summed E-state index contributed by atoms with van der Waals surface area (Å²) in [5.74, 6) is 3.05. The lowest BCUT2D eigenvalue weighted by Crippen LogP contribution is -2.00. The Bertz CT molecular complexity index is 8110. The van der Waals surface area contributed by atoms with Crippen LogP contribution in [0.5, 0.6) is 0 Å². The first-order valence-corrected chi connectivity index (χ1v) is 38.1. The van der Waals surface area contributed by atoms with Gasteiger partial charge in [-0.25, -0.2) is 29.9 Å². The third-order valence-corrected chi connectivity index (χ3v) is 22.7. The number of benzene rings is 16. The first-order chi connectivity index (χ1) is 56.5. The molecule has 0 saturated heterocycles. The molecule has 24 aromatic rings. The first kappa shape index (κ1) is 63.3. The van der Waals surface area contributed by atoms with E-state index in [0.717, 1.165) is 188 Å². The molecule has 0 aliphatic heterocycles. The summed E-state index contributed by atoms with van der Waals surface area (Å²) in [6.45, 7) is 0. The maximum atomic E-state index is 6.93. The van der Waals surface area contributed by atoms with Gasteiger partial charge in [0, 0.05) is 98.3 Å². The lowest BCUT2D eigenvalue weighted by molar-refractivity contribution is 0.668. The van der Waals surface area contributed by atoms with Gasteiger partial charge in [-0.3, -0.25) is 0 Å². The summed E-state index contributed by atoms with van der Waals surface area (Å²) in [4.78, 5) is 31.6. The van der Waals surface area contributed by atoms with E-state index >= 15 is 0 Å². The zero-order valence-corrected chi connectivity index (χ0v) is 60.7. The van der Waals surface area contributed by atoms with Crippen molar-refractivity contribution in [2.75, 3.05) is 0 Å². The zero-order chi connectivity index (χ0) is 74.6. The maximum Gasteiger partial charge on any atom is 0.167 e. The number of furan rings is 4. The molecule has 8 heterocycles. The van der Waals surface area contributed by atoms with E-state index in [-0.39, 0.29) is 0 Å². The van der Waals surface area contributed by atoms with Crippen LogP contribution in [0.15, 0.2) is 370 Å². The molecule has 0 radical (unpaired) electrons. The van der Waals surface area contributed by atoms with Crippen LogP contribution in [0.25, 0.3) is 244 Å². The highest BCUT2D eigenvalue weighted by molar-refractivity contribution is 6.22. The Kier molecular flexibility index (Phi) is 13.8. The molecule has 24 rings (SSSR count). The number of rotatable bonds is 11. The Balaban J connectivity index is 0.634. The second-order valence-corrected chi connectivity index (χ2v) is 29.1. The van der Waals surface area contributed by atoms with Gasteiger partial charge in [-0.1, -0.05) is 231 Å². The molecule has 0 fully saturated rings. The number of hydrogen-bond acceptors (Lipinski definition) is 10. The Morgan fingerprint density at radius 1 is 0.175 bits per heavy atom. The summed E-state index contributed by atoms with van der Waals surface area (Å²) in [6.07, 6.45) is 0. The molecule has 530 valence electrons. The van der Waals surface area contributed by atoms with Gasteiger partial charge in [-0.15, -0.1) is 0 Å². The minimum absolute atomic E-state index is 0.480. The Hall–Kier alpha value is -15.7. The van der Waals surface area contributed by atoms with E-state index in [0.29, 0.717) is 46.1 Å². The largest absolute Gasteiger partial charge is 0.456 e. The monoisotopic (exact) mass is 1460 g/mol. The molecule has 0 spiro atoms. The van der Waals surface area contributed by atoms with Crippen LogP contribution < -0.4 is 0 Å². The molecule has 0 saturated carbocycles. The van der Waals surface area contributed by atoms with Crippen molar-refractivity contribution >= 4 is 131 Å². The van der Waals surface area contributed by atoms with Crippen molar-refractivity contribution in [3.8, 4) is 113 Å². The molecular weight excluding hydrogens is 1400 g/mol. The molecular formula is C102H58N8O4. The molecule has 0 aliphatic carbocycles. The Labute approximate surface area is 649 Å². The summed E-state index contributed by atoms with van der Waals surface area (Å²) in [7, 11) is 0. The Morgan fingerprint density at radius 3 is 1.18 bits per heavy atom. The van der Waals surface area contributed by atoms with Crippen LogP contribution >= 0.6 is 0 Å². The van der Waals surface area contributed by atoms with E-state index in [2.05, 4.69) is 264 Å². The summed E-state index contributed by atoms with van der Waals surface area (Å²) in [5, 5.41) is 12.6. The highest BCUT2D eigenvalue weighted by Crippen LogP contribution is 2.48. The van der Waals surface area contributed by atoms with Crippen molar-refractivity contribution in [2.45, 2.75) is 0 Å². The van der Waals surface area contributed by atoms with Crippen LogP contribution in [0.3, 0.4) is 0 Å². The molecule has 0 amide bonds. The highest BCUT2D eigenvalue weighted by Gasteiger charge is 2.26. The molecule has 0 unspecified atom stereocenters. The van der Waals surface area contributed by atoms with Gasteiger partial charge in [0.15, 0.2) is 34.9 Å². The molecule has 12 nitrogen and oxygen atoms in total. The van der Waals surface area contributed by atoms with Crippen LogP contribution in [0.1, 0.15) is 0 Å². The zero-order valence-electron chi connectivity index (χ0n) is 60.7. The molecule has 16 aromatic carbocycles. The van der Waals surface area contributed by atoms with Crippen LogP contribution in [-0.2, 0) is 0 Å². The molecule has 0 aliphatic rings. The quantitative estimate of drug-likeness (QED) is 0.123. The van der Waals surface area contributed by atoms with E-state index in [1.807, 2.05) is 97.1 Å². The summed E-state index contributed by atoms with van der Waals surface area (Å²) in [6, 6.07) is 123. The van der Waals surface area contributed by atoms with Gasteiger partial charge in [0.05, 0.1) is 33.2 Å². The van der Waals surface area contributed by atoms with E-state index in [9.17, 15) is 0 Å². The molecule has 0 atom stereocenters. The van der Waals surface area contributed by atoms with Crippen molar-refractivity contribution in [3.05, 3.63) is 352 Å². The fourth-order valence-corrected chi connectivity index (χ4v) is 17.5. The third-order valence-electron chi connectivity index (χ3n) is 22.7. The van der Waals surface area contributed by atoms with Crippen molar-refractivity contribution in [3.63, 3.8) is 0 Å². The summed E-state index contributed by atoms with van der Waals surface area (Å²) in [5.41, 5.74) is 23.7. The van der Waals surface area contributed by atoms with E-state index in [1.54, 1.807) is 0 Å². The number of nitrogens with zero attached hydrogens (tertiary/aromatic N) is 8. The molecule has 8 aromatic heterocycles. The van der Waals surface area contributed by atoms with E-state index in [1.165, 1.54) is 10.8 Å². The van der Waals surface area contributed by atoms with E-state index < -0.39 is 0 Å². The van der Waals surface area contributed by atoms with Crippen molar-refractivity contribution in [1.82, 2.24) is 39.0 Å². The normalized spacial score (nSPS) is 12.0. The standard InChI is InChI=1S/C102H58N8O4/c1-4-22-60(23-5-1)97-103-99(107-101(105-97)78-36-18-34-73-68-28-12-16-41-86(68)113-95(73)78)63-48-51-70-81-54-62(50-53-88(81)111-90(70)57-63)80-55-65(56-85-93(80)76-31-11-15-39-83(76)110(85)67-26-8-3-9-27-67)59-44-46-61(47-45-59)98-104-100(108-102(106-98)79-37-19-35-74-69-29-13-17-42-87(69)114-96(74)79)64-49-52-77-91(58-64)112-89-43-21-33-72(94(77)89)71-32-20-40-84-92(71)75-30-10-14-38-82(75)109(84)66-24-6-2-7-25-66/h1-58H. The average Bonchev–Trinajstić information content (AvgIpc) is 1.58. The third kappa shape index (κ3) is 9.90. The summed E-state index contributed by atoms with van der Waals surface area (Å²) < 4.78 is 31.8. The van der Waals surface area contributed by atoms with Crippen LogP contribution in [0.4, 0.5) is 0 Å². The predicted octanol–water partition coefficient (Wildman–Crippen LogP) is 26.9.